The van der Waals surface area contributed by atoms with Crippen LogP contribution in [0.5, 0.6) is 0 Å². The van der Waals surface area contributed by atoms with E-state index in [0.717, 1.165) is 0 Å². The first kappa shape index (κ1) is 10.3. The van der Waals surface area contributed by atoms with Gasteiger partial charge in [-0.05, 0) is 19.1 Å². The zero-order chi connectivity index (χ0) is 10.6. The van der Waals surface area contributed by atoms with E-state index >= 15 is 0 Å². The molecule has 5 heteroatoms. The van der Waals surface area contributed by atoms with Gasteiger partial charge in [0.05, 0.1) is 0 Å². The first-order valence-corrected chi connectivity index (χ1v) is 4.29. The number of hydrogen-bond donors (Lipinski definition) is 2. The molecule has 2 N–H and O–H groups in total. The highest BCUT2D eigenvalue weighted by atomic mass is 16.4. The van der Waals surface area contributed by atoms with Crippen molar-refractivity contribution in [2.75, 3.05) is 13.1 Å². The lowest BCUT2D eigenvalue weighted by Crippen LogP contribution is -2.35. The molecule has 0 atom stereocenters. The predicted molar refractivity (Wildman–Crippen MR) is 50.0 cm³/mol. The van der Waals surface area contributed by atoms with Gasteiger partial charge in [0.1, 0.15) is 12.2 Å². The monoisotopic (exact) mass is 196 g/mol. The van der Waals surface area contributed by atoms with Crippen LogP contribution in [0.2, 0.25) is 0 Å². The van der Waals surface area contributed by atoms with E-state index < -0.39 is 5.97 Å². The maximum Gasteiger partial charge on any atom is 0.323 e. The minimum atomic E-state index is -1.01. The van der Waals surface area contributed by atoms with Gasteiger partial charge in [-0.2, -0.15) is 0 Å². The molecule has 0 aliphatic carbocycles. The summed E-state index contributed by atoms with van der Waals surface area (Å²) in [4.78, 5) is 26.0. The Labute approximate surface area is 81.3 Å². The number of carboxylic acid groups (broad SMARTS) is 1. The first-order chi connectivity index (χ1) is 6.65. The van der Waals surface area contributed by atoms with Gasteiger partial charge in [0, 0.05) is 12.7 Å². The number of nitrogens with zero attached hydrogens (tertiary/aromatic N) is 1. The normalized spacial score (nSPS) is 9.79. The molecule has 1 rings (SSSR count). The number of aromatic amines is 1. The Kier molecular flexibility index (Phi) is 3.28. The van der Waals surface area contributed by atoms with Gasteiger partial charge in [0.2, 0.25) is 0 Å². The van der Waals surface area contributed by atoms with Gasteiger partial charge in [-0.3, -0.25) is 9.59 Å². The molecule has 0 saturated heterocycles. The van der Waals surface area contributed by atoms with Crippen molar-refractivity contribution in [1.82, 2.24) is 9.88 Å². The van der Waals surface area contributed by atoms with Crippen LogP contribution in [0, 0.1) is 0 Å². The molecular weight excluding hydrogens is 184 g/mol. The Bertz CT molecular complexity index is 319. The third-order valence-corrected chi connectivity index (χ3v) is 1.82. The van der Waals surface area contributed by atoms with Gasteiger partial charge in [0.25, 0.3) is 5.91 Å². The maximum absolute atomic E-state index is 11.6. The summed E-state index contributed by atoms with van der Waals surface area (Å²) in [5, 5.41) is 8.56. The predicted octanol–water partition coefficient (Wildman–Crippen LogP) is 0.561. The Morgan fingerprint density at radius 1 is 1.57 bits per heavy atom. The van der Waals surface area contributed by atoms with Crippen LogP contribution < -0.4 is 0 Å². The number of aromatic nitrogens is 1. The van der Waals surface area contributed by atoms with Crippen molar-refractivity contribution in [3.8, 4) is 0 Å². The minimum absolute atomic E-state index is 0.269. The lowest BCUT2D eigenvalue weighted by atomic mass is 10.3. The molecule has 1 amide bonds. The molecule has 0 saturated carbocycles. The minimum Gasteiger partial charge on any atom is -0.480 e. The van der Waals surface area contributed by atoms with E-state index in [9.17, 15) is 9.59 Å². The van der Waals surface area contributed by atoms with Crippen LogP contribution in [0.4, 0.5) is 0 Å². The molecule has 1 aromatic rings. The molecule has 0 aliphatic heterocycles. The highest BCUT2D eigenvalue weighted by Gasteiger charge is 2.16. The SMILES string of the molecule is CCN(CC(=O)O)C(=O)c1ccc[nH]1. The van der Waals surface area contributed by atoms with E-state index in [4.69, 9.17) is 5.11 Å². The zero-order valence-electron chi connectivity index (χ0n) is 7.86. The van der Waals surface area contributed by atoms with E-state index in [-0.39, 0.29) is 12.5 Å². The number of likely N-dealkylation sites (N-methyl/N-ethyl adjacent to an activating group) is 1. The second-order valence-corrected chi connectivity index (χ2v) is 2.80. The van der Waals surface area contributed by atoms with Crippen LogP contribution in [0.1, 0.15) is 17.4 Å². The van der Waals surface area contributed by atoms with Crippen molar-refractivity contribution in [1.29, 1.82) is 0 Å². The number of hydrogen-bond acceptors (Lipinski definition) is 2. The van der Waals surface area contributed by atoms with E-state index in [2.05, 4.69) is 4.98 Å². The molecular formula is C9H12N2O3. The van der Waals surface area contributed by atoms with Gasteiger partial charge >= 0.3 is 5.97 Å². The molecule has 14 heavy (non-hydrogen) atoms. The second kappa shape index (κ2) is 4.45. The fourth-order valence-electron chi connectivity index (χ4n) is 1.12. The number of nitrogens with one attached hydrogen (secondary N) is 1. The van der Waals surface area contributed by atoms with Crippen molar-refractivity contribution in [2.24, 2.45) is 0 Å². The van der Waals surface area contributed by atoms with Crippen molar-refractivity contribution < 1.29 is 14.7 Å². The highest BCUT2D eigenvalue weighted by molar-refractivity contribution is 5.94. The Hall–Kier alpha value is -1.78. The number of rotatable bonds is 4. The van der Waals surface area contributed by atoms with Crippen molar-refractivity contribution in [2.45, 2.75) is 6.92 Å². The molecule has 0 fully saturated rings. The third kappa shape index (κ3) is 2.35. The summed E-state index contributed by atoms with van der Waals surface area (Å²) in [5.74, 6) is -1.30. The Morgan fingerprint density at radius 2 is 2.29 bits per heavy atom. The van der Waals surface area contributed by atoms with Crippen LogP contribution in [-0.4, -0.2) is 40.0 Å². The number of carbonyl (C=O) groups excluding carboxylic acids is 1. The number of carboxylic acids is 1. The average molecular weight is 196 g/mol. The summed E-state index contributed by atoms with van der Waals surface area (Å²) in [6.45, 7) is 1.85. The van der Waals surface area contributed by atoms with E-state index in [1.165, 1.54) is 4.90 Å². The fourth-order valence-corrected chi connectivity index (χ4v) is 1.12. The van der Waals surface area contributed by atoms with Gasteiger partial charge in [-0.1, -0.05) is 0 Å². The summed E-state index contributed by atoms with van der Waals surface area (Å²) in [7, 11) is 0. The molecule has 5 nitrogen and oxygen atoms in total. The summed E-state index contributed by atoms with van der Waals surface area (Å²) >= 11 is 0. The summed E-state index contributed by atoms with van der Waals surface area (Å²) in [6.07, 6.45) is 1.63. The van der Waals surface area contributed by atoms with E-state index in [1.54, 1.807) is 25.3 Å². The second-order valence-electron chi connectivity index (χ2n) is 2.80. The quantitative estimate of drug-likeness (QED) is 0.739. The van der Waals surface area contributed by atoms with Gasteiger partial charge in [-0.25, -0.2) is 0 Å². The lowest BCUT2D eigenvalue weighted by Gasteiger charge is -2.17. The summed E-state index contributed by atoms with van der Waals surface area (Å²) in [6, 6.07) is 3.31. The number of aliphatic carboxylic acids is 1. The Morgan fingerprint density at radius 3 is 2.71 bits per heavy atom. The topological polar surface area (TPSA) is 73.4 Å². The Balaban J connectivity index is 2.70. The zero-order valence-corrected chi connectivity index (χ0v) is 7.86. The van der Waals surface area contributed by atoms with Crippen molar-refractivity contribution >= 4 is 11.9 Å². The van der Waals surface area contributed by atoms with Crippen LogP contribution in [0.3, 0.4) is 0 Å². The van der Waals surface area contributed by atoms with E-state index in [1.807, 2.05) is 0 Å². The first-order valence-electron chi connectivity index (χ1n) is 4.29. The standard InChI is InChI=1S/C9H12N2O3/c1-2-11(6-8(12)13)9(14)7-4-3-5-10-7/h3-5,10H,2,6H2,1H3,(H,12,13). The number of carbonyl (C=O) groups is 2. The smallest absolute Gasteiger partial charge is 0.323 e. The average Bonchev–Trinajstić information content (AvgIpc) is 2.65. The molecule has 1 heterocycles. The molecule has 0 spiro atoms. The number of amides is 1. The molecule has 1 aromatic heterocycles. The third-order valence-electron chi connectivity index (χ3n) is 1.82. The van der Waals surface area contributed by atoms with Crippen LogP contribution in [-0.2, 0) is 4.79 Å². The molecule has 0 radical (unpaired) electrons. The van der Waals surface area contributed by atoms with Crippen molar-refractivity contribution in [3.63, 3.8) is 0 Å². The van der Waals surface area contributed by atoms with Crippen LogP contribution in [0.15, 0.2) is 18.3 Å². The summed E-state index contributed by atoms with van der Waals surface area (Å²) < 4.78 is 0. The summed E-state index contributed by atoms with van der Waals surface area (Å²) in [5.41, 5.74) is 0.410. The maximum atomic E-state index is 11.6. The van der Waals surface area contributed by atoms with Crippen LogP contribution in [0.25, 0.3) is 0 Å². The lowest BCUT2D eigenvalue weighted by molar-refractivity contribution is -0.137. The molecule has 0 aliphatic rings. The molecule has 0 unspecified atom stereocenters. The van der Waals surface area contributed by atoms with Gasteiger partial charge < -0.3 is 15.0 Å². The molecule has 76 valence electrons. The largest absolute Gasteiger partial charge is 0.480 e. The number of H-pyrrole nitrogens is 1. The van der Waals surface area contributed by atoms with Crippen LogP contribution >= 0.6 is 0 Å². The van der Waals surface area contributed by atoms with E-state index in [0.29, 0.717) is 12.2 Å². The highest BCUT2D eigenvalue weighted by Crippen LogP contribution is 2.01. The molecule has 0 aromatic carbocycles. The van der Waals surface area contributed by atoms with Gasteiger partial charge in [-0.15, -0.1) is 0 Å². The van der Waals surface area contributed by atoms with Gasteiger partial charge in [0.15, 0.2) is 0 Å². The fraction of sp³-hybridized carbons (Fsp3) is 0.333. The van der Waals surface area contributed by atoms with Crippen molar-refractivity contribution in [3.05, 3.63) is 24.0 Å². The molecule has 0 bridgehead atoms.